The fraction of sp³-hybridized carbons (Fsp3) is 0.269. The zero-order valence-corrected chi connectivity index (χ0v) is 18.9. The molecule has 6 heteroatoms. The molecule has 0 heterocycles. The molecule has 0 saturated carbocycles. The summed E-state index contributed by atoms with van der Waals surface area (Å²) in [6, 6.07) is 18.4. The summed E-state index contributed by atoms with van der Waals surface area (Å²) in [6.07, 6.45) is 3.69. The molecule has 0 bridgehead atoms. The van der Waals surface area contributed by atoms with E-state index >= 15 is 0 Å². The van der Waals surface area contributed by atoms with E-state index in [9.17, 15) is 4.79 Å². The van der Waals surface area contributed by atoms with Gasteiger partial charge in [-0.05, 0) is 92.3 Å². The summed E-state index contributed by atoms with van der Waals surface area (Å²) >= 11 is 6.18. The topological polar surface area (TPSA) is 56.8 Å². The average Bonchev–Trinajstić information content (AvgIpc) is 2.81. The van der Waals surface area contributed by atoms with E-state index in [1.807, 2.05) is 12.1 Å². The van der Waals surface area contributed by atoms with Gasteiger partial charge < -0.3 is 19.5 Å². The lowest BCUT2D eigenvalue weighted by atomic mass is 9.91. The van der Waals surface area contributed by atoms with Crippen LogP contribution < -0.4 is 19.5 Å². The minimum absolute atomic E-state index is 0.278. The highest BCUT2D eigenvalue weighted by molar-refractivity contribution is 6.31. The van der Waals surface area contributed by atoms with Crippen LogP contribution in [0.5, 0.6) is 23.0 Å². The summed E-state index contributed by atoms with van der Waals surface area (Å²) in [5.41, 5.74) is 3.00. The molecule has 4 rings (SSSR count). The summed E-state index contributed by atoms with van der Waals surface area (Å²) < 4.78 is 17.2. The van der Waals surface area contributed by atoms with Crippen LogP contribution in [0.2, 0.25) is 5.02 Å². The van der Waals surface area contributed by atoms with Crippen molar-refractivity contribution in [1.82, 2.24) is 0 Å². The maximum absolute atomic E-state index is 12.9. The lowest BCUT2D eigenvalue weighted by Gasteiger charge is -2.22. The molecule has 0 aliphatic heterocycles. The highest BCUT2D eigenvalue weighted by atomic mass is 35.5. The summed E-state index contributed by atoms with van der Waals surface area (Å²) in [5, 5.41) is 3.39. The minimum Gasteiger partial charge on any atom is -0.497 e. The Balaban J connectivity index is 1.48. The lowest BCUT2D eigenvalue weighted by molar-refractivity contribution is -0.122. The normalized spacial score (nSPS) is 13.6. The number of amides is 1. The SMILES string of the molecule is COc1ccc(Oc2ccc(Cl)cc2NC(=O)C(C)Oc2cccc3c2CCCC3)cc1. The van der Waals surface area contributed by atoms with Gasteiger partial charge in [-0.3, -0.25) is 4.79 Å². The highest BCUT2D eigenvalue weighted by Crippen LogP contribution is 2.34. The number of carbonyl (C=O) groups excluding carboxylic acids is 1. The van der Waals surface area contributed by atoms with Gasteiger partial charge in [0.1, 0.15) is 17.2 Å². The first-order valence-corrected chi connectivity index (χ1v) is 11.1. The van der Waals surface area contributed by atoms with Crippen LogP contribution in [0.3, 0.4) is 0 Å². The monoisotopic (exact) mass is 451 g/mol. The standard InChI is InChI=1S/C26H26ClNO4/c1-17(31-24-9-5-7-18-6-3-4-8-22(18)24)26(29)28-23-16-19(27)10-15-25(23)32-21-13-11-20(30-2)12-14-21/h5,7,9-17H,3-4,6,8H2,1-2H3,(H,28,29). The van der Waals surface area contributed by atoms with Crippen molar-refractivity contribution in [2.75, 3.05) is 12.4 Å². The first-order valence-electron chi connectivity index (χ1n) is 10.7. The van der Waals surface area contributed by atoms with E-state index in [-0.39, 0.29) is 5.91 Å². The Kier molecular flexibility index (Phi) is 6.86. The van der Waals surface area contributed by atoms with E-state index in [0.29, 0.717) is 22.2 Å². The predicted molar refractivity (Wildman–Crippen MR) is 126 cm³/mol. The van der Waals surface area contributed by atoms with Gasteiger partial charge in [-0.15, -0.1) is 0 Å². The molecule has 1 amide bonds. The molecule has 1 unspecified atom stereocenters. The molecule has 1 N–H and O–H groups in total. The Morgan fingerprint density at radius 2 is 1.72 bits per heavy atom. The molecule has 3 aromatic rings. The van der Waals surface area contributed by atoms with Gasteiger partial charge in [0.15, 0.2) is 11.9 Å². The van der Waals surface area contributed by atoms with Crippen molar-refractivity contribution in [3.05, 3.63) is 76.8 Å². The average molecular weight is 452 g/mol. The maximum atomic E-state index is 12.9. The number of nitrogens with one attached hydrogen (secondary N) is 1. The van der Waals surface area contributed by atoms with E-state index in [4.69, 9.17) is 25.8 Å². The third-order valence-electron chi connectivity index (χ3n) is 5.51. The number of aryl methyl sites for hydroxylation is 1. The summed E-state index contributed by atoms with van der Waals surface area (Å²) in [7, 11) is 1.61. The third kappa shape index (κ3) is 5.17. The number of hydrogen-bond donors (Lipinski definition) is 1. The van der Waals surface area contributed by atoms with Crippen LogP contribution in [0.1, 0.15) is 30.9 Å². The molecule has 3 aromatic carbocycles. The molecule has 166 valence electrons. The number of fused-ring (bicyclic) bond motifs is 1. The van der Waals surface area contributed by atoms with Crippen molar-refractivity contribution >= 4 is 23.2 Å². The second kappa shape index (κ2) is 9.96. The van der Waals surface area contributed by atoms with E-state index in [1.54, 1.807) is 56.5 Å². The number of benzene rings is 3. The number of anilines is 1. The Bertz CT molecular complexity index is 1100. The van der Waals surface area contributed by atoms with E-state index < -0.39 is 6.10 Å². The number of methoxy groups -OCH3 is 1. The van der Waals surface area contributed by atoms with Gasteiger partial charge in [-0.1, -0.05) is 23.7 Å². The van der Waals surface area contributed by atoms with Gasteiger partial charge >= 0.3 is 0 Å². The van der Waals surface area contributed by atoms with Crippen molar-refractivity contribution in [1.29, 1.82) is 0 Å². The van der Waals surface area contributed by atoms with Crippen molar-refractivity contribution in [3.8, 4) is 23.0 Å². The van der Waals surface area contributed by atoms with E-state index in [2.05, 4.69) is 11.4 Å². The van der Waals surface area contributed by atoms with Crippen LogP contribution in [0.15, 0.2) is 60.7 Å². The van der Waals surface area contributed by atoms with E-state index in [1.165, 1.54) is 17.5 Å². The first-order chi connectivity index (χ1) is 15.5. The van der Waals surface area contributed by atoms with Gasteiger partial charge in [0.05, 0.1) is 12.8 Å². The van der Waals surface area contributed by atoms with Crippen LogP contribution in [0.25, 0.3) is 0 Å². The van der Waals surface area contributed by atoms with Crippen LogP contribution in [0, 0.1) is 0 Å². The quantitative estimate of drug-likeness (QED) is 0.450. The third-order valence-corrected chi connectivity index (χ3v) is 5.75. The second-order valence-electron chi connectivity index (χ2n) is 7.77. The zero-order chi connectivity index (χ0) is 22.5. The lowest BCUT2D eigenvalue weighted by Crippen LogP contribution is -2.30. The van der Waals surface area contributed by atoms with Gasteiger partial charge in [0.25, 0.3) is 5.91 Å². The summed E-state index contributed by atoms with van der Waals surface area (Å²) in [5.74, 6) is 2.34. The molecule has 0 saturated heterocycles. The molecule has 1 atom stereocenters. The number of hydrogen-bond acceptors (Lipinski definition) is 4. The summed E-state index contributed by atoms with van der Waals surface area (Å²) in [4.78, 5) is 12.9. The van der Waals surface area contributed by atoms with Crippen LogP contribution in [-0.2, 0) is 17.6 Å². The molecular formula is C26H26ClNO4. The molecule has 0 aromatic heterocycles. The molecule has 0 fully saturated rings. The fourth-order valence-electron chi connectivity index (χ4n) is 3.79. The Morgan fingerprint density at radius 3 is 2.50 bits per heavy atom. The summed E-state index contributed by atoms with van der Waals surface area (Å²) in [6.45, 7) is 1.74. The van der Waals surface area contributed by atoms with E-state index in [0.717, 1.165) is 30.8 Å². The van der Waals surface area contributed by atoms with Gasteiger partial charge in [-0.2, -0.15) is 0 Å². The Morgan fingerprint density at radius 1 is 0.969 bits per heavy atom. The fourth-order valence-corrected chi connectivity index (χ4v) is 3.97. The maximum Gasteiger partial charge on any atom is 0.265 e. The molecule has 0 radical (unpaired) electrons. The first kappa shape index (κ1) is 22.0. The second-order valence-corrected chi connectivity index (χ2v) is 8.20. The Hall–Kier alpha value is -3.18. The van der Waals surface area contributed by atoms with Gasteiger partial charge in [0, 0.05) is 5.02 Å². The van der Waals surface area contributed by atoms with Crippen molar-refractivity contribution in [2.24, 2.45) is 0 Å². The van der Waals surface area contributed by atoms with Crippen LogP contribution >= 0.6 is 11.6 Å². The van der Waals surface area contributed by atoms with Crippen molar-refractivity contribution < 1.29 is 19.0 Å². The molecule has 0 spiro atoms. The Labute approximate surface area is 193 Å². The smallest absolute Gasteiger partial charge is 0.265 e. The molecular weight excluding hydrogens is 426 g/mol. The largest absolute Gasteiger partial charge is 0.497 e. The zero-order valence-electron chi connectivity index (χ0n) is 18.2. The molecule has 1 aliphatic carbocycles. The molecule has 5 nitrogen and oxygen atoms in total. The number of rotatable bonds is 7. The molecule has 1 aliphatic rings. The van der Waals surface area contributed by atoms with Crippen molar-refractivity contribution in [3.63, 3.8) is 0 Å². The molecule has 32 heavy (non-hydrogen) atoms. The van der Waals surface area contributed by atoms with Crippen LogP contribution in [0.4, 0.5) is 5.69 Å². The minimum atomic E-state index is -0.684. The highest BCUT2D eigenvalue weighted by Gasteiger charge is 2.21. The number of halogens is 1. The van der Waals surface area contributed by atoms with Crippen LogP contribution in [-0.4, -0.2) is 19.1 Å². The van der Waals surface area contributed by atoms with Crippen molar-refractivity contribution in [2.45, 2.75) is 38.7 Å². The predicted octanol–water partition coefficient (Wildman–Crippen LogP) is 6.43. The van der Waals surface area contributed by atoms with Gasteiger partial charge in [0.2, 0.25) is 0 Å². The number of carbonyl (C=O) groups is 1. The van der Waals surface area contributed by atoms with Gasteiger partial charge in [-0.25, -0.2) is 0 Å². The number of ether oxygens (including phenoxy) is 3.